The summed E-state index contributed by atoms with van der Waals surface area (Å²) in [5, 5.41) is 28.1. The molecule has 0 amide bonds. The average molecular weight is 300 g/mol. The number of rotatable bonds is 7. The molecule has 0 radical (unpaired) electrons. The van der Waals surface area contributed by atoms with Gasteiger partial charge in [-0.05, 0) is 0 Å². The van der Waals surface area contributed by atoms with E-state index in [2.05, 4.69) is 15.2 Å². The summed E-state index contributed by atoms with van der Waals surface area (Å²) >= 11 is 2.61. The summed E-state index contributed by atoms with van der Waals surface area (Å²) in [5.74, 6) is -0.562. The van der Waals surface area contributed by atoms with E-state index >= 15 is 0 Å². The number of aryl methyl sites for hydroxylation is 1. The highest BCUT2D eigenvalue weighted by Crippen LogP contribution is 2.17. The second-order valence-corrected chi connectivity index (χ2v) is 5.28. The van der Waals surface area contributed by atoms with Gasteiger partial charge in [0.15, 0.2) is 11.0 Å². The Labute approximate surface area is 117 Å². The highest BCUT2D eigenvalue weighted by atomic mass is 32.2. The Bertz CT molecular complexity index is 541. The van der Waals surface area contributed by atoms with E-state index in [-0.39, 0.29) is 12.4 Å². The second kappa shape index (κ2) is 6.64. The monoisotopic (exact) mass is 300 g/mol. The summed E-state index contributed by atoms with van der Waals surface area (Å²) in [7, 11) is 0. The van der Waals surface area contributed by atoms with Crippen LogP contribution in [0.15, 0.2) is 16.0 Å². The lowest BCUT2D eigenvalue weighted by Gasteiger charge is -2.07. The number of thioether (sulfide) groups is 1. The number of hydrogen-bond donors (Lipinski definition) is 2. The van der Waals surface area contributed by atoms with E-state index < -0.39 is 5.97 Å². The van der Waals surface area contributed by atoms with Gasteiger partial charge in [-0.2, -0.15) is 0 Å². The molecule has 2 rings (SSSR count). The lowest BCUT2D eigenvalue weighted by molar-refractivity contribution is -0.133. The van der Waals surface area contributed by atoms with E-state index in [1.54, 1.807) is 10.1 Å². The molecule has 0 aliphatic rings. The lowest BCUT2D eigenvalue weighted by atomic mass is 10.3. The minimum absolute atomic E-state index is 0.0831. The number of hydrogen-bond acceptors (Lipinski definition) is 7. The van der Waals surface area contributed by atoms with Gasteiger partial charge in [-0.25, -0.2) is 4.98 Å². The van der Waals surface area contributed by atoms with Crippen LogP contribution in [0.5, 0.6) is 0 Å². The first-order valence-corrected chi connectivity index (χ1v) is 7.38. The maximum Gasteiger partial charge on any atom is 0.313 e. The van der Waals surface area contributed by atoms with Crippen LogP contribution in [0.3, 0.4) is 0 Å². The number of aliphatic carboxylic acids is 1. The van der Waals surface area contributed by atoms with Crippen LogP contribution in [0.25, 0.3) is 0 Å². The Kier molecular flexibility index (Phi) is 4.88. The van der Waals surface area contributed by atoms with Crippen LogP contribution in [-0.4, -0.2) is 41.7 Å². The van der Waals surface area contributed by atoms with Crippen molar-refractivity contribution in [2.75, 3.05) is 5.75 Å². The maximum atomic E-state index is 10.6. The molecule has 2 aromatic heterocycles. The van der Waals surface area contributed by atoms with E-state index in [4.69, 9.17) is 5.11 Å². The predicted octanol–water partition coefficient (Wildman–Crippen LogP) is 0.646. The van der Waals surface area contributed by atoms with E-state index in [9.17, 15) is 9.90 Å². The molecule has 0 aliphatic heterocycles. The number of aliphatic hydroxyl groups excluding tert-OH is 1. The first-order chi connectivity index (χ1) is 9.20. The number of carboxylic acids is 1. The van der Waals surface area contributed by atoms with E-state index in [0.717, 1.165) is 17.5 Å². The number of carboxylic acid groups (broad SMARTS) is 1. The molecule has 0 unspecified atom stereocenters. The maximum absolute atomic E-state index is 10.6. The van der Waals surface area contributed by atoms with Gasteiger partial charge in [-0.1, -0.05) is 11.8 Å². The van der Waals surface area contributed by atoms with Crippen molar-refractivity contribution in [3.05, 3.63) is 22.4 Å². The fraction of sp³-hybridized carbons (Fsp3) is 0.400. The van der Waals surface area contributed by atoms with Crippen molar-refractivity contribution in [2.45, 2.75) is 24.7 Å². The Morgan fingerprint density at radius 1 is 1.47 bits per heavy atom. The molecule has 0 fully saturated rings. The highest BCUT2D eigenvalue weighted by Gasteiger charge is 2.13. The normalized spacial score (nSPS) is 10.8. The third-order valence-corrected chi connectivity index (χ3v) is 3.92. The minimum Gasteiger partial charge on any atom is -0.481 e. The number of thiazole rings is 1. The second-order valence-electron chi connectivity index (χ2n) is 3.62. The molecular weight excluding hydrogens is 288 g/mol. The van der Waals surface area contributed by atoms with Crippen molar-refractivity contribution in [1.29, 1.82) is 0 Å². The van der Waals surface area contributed by atoms with E-state index in [1.807, 2.05) is 5.38 Å². The largest absolute Gasteiger partial charge is 0.481 e. The van der Waals surface area contributed by atoms with Gasteiger partial charge in [0.2, 0.25) is 0 Å². The number of aromatic nitrogens is 4. The first-order valence-electron chi connectivity index (χ1n) is 5.45. The van der Waals surface area contributed by atoms with Gasteiger partial charge in [0.05, 0.1) is 17.0 Å². The summed E-state index contributed by atoms with van der Waals surface area (Å²) in [6, 6.07) is 0. The fourth-order valence-corrected chi connectivity index (χ4v) is 2.78. The molecule has 0 saturated heterocycles. The summed E-state index contributed by atoms with van der Waals surface area (Å²) in [4.78, 5) is 14.7. The van der Waals surface area contributed by atoms with Crippen LogP contribution >= 0.6 is 23.1 Å². The van der Waals surface area contributed by atoms with E-state index in [1.165, 1.54) is 11.3 Å². The highest BCUT2D eigenvalue weighted by molar-refractivity contribution is 7.99. The predicted molar refractivity (Wildman–Crippen MR) is 70.1 cm³/mol. The summed E-state index contributed by atoms with van der Waals surface area (Å²) in [5.41, 5.74) is 2.71. The zero-order valence-corrected chi connectivity index (χ0v) is 11.5. The standard InChI is InChI=1S/C10H12N4O3S2/c15-3-8-12-13-10(19-5-9(16)17)14(8)2-1-7-4-18-6-11-7/h4,6,15H,1-3,5H2,(H,16,17). The molecule has 2 heterocycles. The van der Waals surface area contributed by atoms with Crippen LogP contribution < -0.4 is 0 Å². The molecule has 2 aromatic rings. The third-order valence-electron chi connectivity index (χ3n) is 2.33. The van der Waals surface area contributed by atoms with E-state index in [0.29, 0.717) is 23.9 Å². The van der Waals surface area contributed by atoms with Gasteiger partial charge in [0.25, 0.3) is 0 Å². The Hall–Kier alpha value is -1.45. The molecule has 2 N–H and O–H groups in total. The molecule has 0 bridgehead atoms. The van der Waals surface area contributed by atoms with Gasteiger partial charge in [0, 0.05) is 18.3 Å². The Balaban J connectivity index is 2.07. The number of carbonyl (C=O) groups is 1. The van der Waals surface area contributed by atoms with Crippen molar-refractivity contribution in [1.82, 2.24) is 19.7 Å². The average Bonchev–Trinajstić information content (AvgIpc) is 3.02. The smallest absolute Gasteiger partial charge is 0.313 e. The molecule has 7 nitrogen and oxygen atoms in total. The molecule has 0 saturated carbocycles. The van der Waals surface area contributed by atoms with Crippen LogP contribution in [0, 0.1) is 0 Å². The molecular formula is C10H12N4O3S2. The fourth-order valence-electron chi connectivity index (χ4n) is 1.48. The van der Waals surface area contributed by atoms with Gasteiger partial charge in [0.1, 0.15) is 6.61 Å². The molecule has 0 atom stereocenters. The molecule has 102 valence electrons. The quantitative estimate of drug-likeness (QED) is 0.724. The molecule has 0 aromatic carbocycles. The van der Waals surface area contributed by atoms with Gasteiger partial charge in [-0.15, -0.1) is 21.5 Å². The topological polar surface area (TPSA) is 101 Å². The summed E-state index contributed by atoms with van der Waals surface area (Å²) in [6.45, 7) is 0.340. The van der Waals surface area contributed by atoms with Crippen LogP contribution in [0.4, 0.5) is 0 Å². The van der Waals surface area contributed by atoms with Crippen molar-refractivity contribution in [3.8, 4) is 0 Å². The zero-order valence-electron chi connectivity index (χ0n) is 9.89. The SMILES string of the molecule is O=C(O)CSc1nnc(CO)n1CCc1cscn1. The minimum atomic E-state index is -0.912. The van der Waals surface area contributed by atoms with Crippen molar-refractivity contribution in [3.63, 3.8) is 0 Å². The van der Waals surface area contributed by atoms with Crippen molar-refractivity contribution in [2.24, 2.45) is 0 Å². The lowest BCUT2D eigenvalue weighted by Crippen LogP contribution is -2.09. The summed E-state index contributed by atoms with van der Waals surface area (Å²) < 4.78 is 1.73. The van der Waals surface area contributed by atoms with Crippen molar-refractivity contribution < 1.29 is 15.0 Å². The molecule has 0 spiro atoms. The number of aliphatic hydroxyl groups is 1. The molecule has 0 aliphatic carbocycles. The van der Waals surface area contributed by atoms with Gasteiger partial charge in [-0.3, -0.25) is 4.79 Å². The molecule has 19 heavy (non-hydrogen) atoms. The molecule has 9 heteroatoms. The summed E-state index contributed by atoms with van der Waals surface area (Å²) in [6.07, 6.45) is 0.690. The van der Waals surface area contributed by atoms with Gasteiger partial charge >= 0.3 is 5.97 Å². The first kappa shape index (κ1) is 14.0. The Morgan fingerprint density at radius 3 is 2.95 bits per heavy atom. The van der Waals surface area contributed by atoms with Crippen LogP contribution in [0.2, 0.25) is 0 Å². The third kappa shape index (κ3) is 3.75. The van der Waals surface area contributed by atoms with Gasteiger partial charge < -0.3 is 14.8 Å². The van der Waals surface area contributed by atoms with Crippen LogP contribution in [0.1, 0.15) is 11.5 Å². The van der Waals surface area contributed by atoms with Crippen molar-refractivity contribution >= 4 is 29.1 Å². The zero-order chi connectivity index (χ0) is 13.7. The number of nitrogens with zero attached hydrogens (tertiary/aromatic N) is 4. The van der Waals surface area contributed by atoms with Crippen LogP contribution in [-0.2, 0) is 24.4 Å². The Morgan fingerprint density at radius 2 is 2.32 bits per heavy atom.